The van der Waals surface area contributed by atoms with Crippen LogP contribution in [0.25, 0.3) is 88.7 Å². The minimum absolute atomic E-state index is 0. The largest absolute Gasteiger partial charge is 1.00 e. The van der Waals surface area contributed by atoms with Crippen molar-refractivity contribution in [1.29, 1.82) is 0 Å². The zero-order valence-corrected chi connectivity index (χ0v) is 54.1. The summed E-state index contributed by atoms with van der Waals surface area (Å²) in [4.78, 5) is 83.1. The number of allylic oxidation sites excluding steroid dienone is 7. The van der Waals surface area contributed by atoms with Gasteiger partial charge in [0.15, 0.2) is 0 Å². The second-order valence-electron chi connectivity index (χ2n) is 23.4. The van der Waals surface area contributed by atoms with Crippen molar-refractivity contribution < 1.29 is 85.5 Å². The smallest absolute Gasteiger partial charge is 1.00 e. The van der Waals surface area contributed by atoms with Gasteiger partial charge < -0.3 is 56.7 Å². The molecule has 4 atom stereocenters. The molecule has 4 aliphatic heterocycles. The van der Waals surface area contributed by atoms with Gasteiger partial charge in [-0.1, -0.05) is 0 Å². The number of carbonyl (C=O) groups is 4. The minimum Gasteiger partial charge on any atom is -1.00 e. The first-order valence-electron chi connectivity index (χ1n) is 29.4. The van der Waals surface area contributed by atoms with E-state index in [0.29, 0.717) is 95.3 Å². The molecule has 0 spiro atoms. The van der Waals surface area contributed by atoms with Crippen molar-refractivity contribution in [2.45, 2.75) is 159 Å². The Hall–Kier alpha value is -8.04. The van der Waals surface area contributed by atoms with E-state index in [-0.39, 0.29) is 82.4 Å². The quantitative estimate of drug-likeness (QED) is 0.0358. The van der Waals surface area contributed by atoms with E-state index >= 15 is 0 Å². The molecule has 88 heavy (non-hydrogen) atoms. The molecule has 19 nitrogen and oxygen atoms in total. The second-order valence-corrected chi connectivity index (χ2v) is 23.4. The fourth-order valence-corrected chi connectivity index (χ4v) is 13.0. The number of aromatic nitrogens is 8. The van der Waals surface area contributed by atoms with Crippen LogP contribution in [-0.4, -0.2) is 100 Å². The third-order valence-corrected chi connectivity index (χ3v) is 17.7. The van der Waals surface area contributed by atoms with Gasteiger partial charge in [0, 0.05) is 92.1 Å². The summed E-state index contributed by atoms with van der Waals surface area (Å²) in [6.45, 7) is 23.0. The fraction of sp³-hybridized carbons (Fsp3) is 0.353. The number of aliphatic hydroxyl groups is 2. The van der Waals surface area contributed by atoms with Crippen molar-refractivity contribution >= 4 is 113 Å². The molecule has 20 heteroatoms. The molecule has 0 radical (unpaired) electrons. The van der Waals surface area contributed by atoms with E-state index in [4.69, 9.17) is 24.7 Å². The molecule has 0 amide bonds. The van der Waals surface area contributed by atoms with Crippen molar-refractivity contribution in [3.8, 4) is 0 Å². The number of aliphatic carboxylic acids is 4. The summed E-state index contributed by atoms with van der Waals surface area (Å²) >= 11 is 0. The maximum atomic E-state index is 12.2. The van der Waals surface area contributed by atoms with Crippen LogP contribution in [-0.2, 0) is 30.3 Å². The van der Waals surface area contributed by atoms with Crippen LogP contribution in [0.3, 0.4) is 0 Å². The molecule has 6 aromatic heterocycles. The van der Waals surface area contributed by atoms with Crippen LogP contribution in [0, 0.1) is 27.7 Å². The summed E-state index contributed by atoms with van der Waals surface area (Å²) < 4.78 is 7.28. The van der Waals surface area contributed by atoms with E-state index in [0.717, 1.165) is 83.5 Å². The molecule has 4 aliphatic rings. The number of aryl methyl sites for hydroxylation is 5. The van der Waals surface area contributed by atoms with Gasteiger partial charge in [0.2, 0.25) is 0 Å². The number of aromatic amines is 4. The number of carboxylic acids is 4. The molecule has 0 aliphatic carbocycles. The van der Waals surface area contributed by atoms with Crippen LogP contribution in [0.2, 0.25) is 0 Å². The van der Waals surface area contributed by atoms with Gasteiger partial charge >= 0.3 is 53.4 Å². The first kappa shape index (κ1) is 64.4. The van der Waals surface area contributed by atoms with Crippen molar-refractivity contribution in [2.24, 2.45) is 0 Å². The Bertz CT molecular complexity index is 4440. The van der Waals surface area contributed by atoms with E-state index < -0.39 is 48.3 Å². The SMILES string of the molecule is CC1=C(CCC(=O)O)c2cc3nc(cc4[nH]c(cc5[nH]c(cc1n2)c(C)c5C(C)OC(C)c1c(C)c2cc5nc(cc6nc(cc7[nH]c(cc1[nH]2)c(C)c7CCC(=O)O)C(CCC(=O)O)=C6C)C(C)=C5C(C)O)c(C)c4C(C)O)C(C)=C3CCC(=O)O.[H-].[Na+]. The Morgan fingerprint density at radius 1 is 0.398 bits per heavy atom. The molecule has 10 N–H and O–H groups in total. The van der Waals surface area contributed by atoms with Crippen LogP contribution in [0.4, 0.5) is 0 Å². The molecule has 10 heterocycles. The van der Waals surface area contributed by atoms with Gasteiger partial charge in [-0.05, 0) is 224 Å². The van der Waals surface area contributed by atoms with Gasteiger partial charge in [-0.2, -0.15) is 0 Å². The number of hydrogen-bond donors (Lipinski definition) is 10. The van der Waals surface area contributed by atoms with Crippen LogP contribution in [0.5, 0.6) is 0 Å². The van der Waals surface area contributed by atoms with Gasteiger partial charge in [-0.3, -0.25) is 19.2 Å². The summed E-state index contributed by atoms with van der Waals surface area (Å²) in [6.07, 6.45) is -2.72. The number of nitrogens with zero attached hydrogens (tertiary/aromatic N) is 4. The number of ether oxygens (including phenoxy) is 1. The Morgan fingerprint density at radius 3 is 1.16 bits per heavy atom. The Balaban J connectivity index is 0.00000512. The summed E-state index contributed by atoms with van der Waals surface area (Å²) in [7, 11) is 0. The molecule has 0 aromatic carbocycles. The van der Waals surface area contributed by atoms with Gasteiger partial charge in [0.1, 0.15) is 0 Å². The fourth-order valence-electron chi connectivity index (χ4n) is 13.0. The van der Waals surface area contributed by atoms with E-state index in [2.05, 4.69) is 19.9 Å². The Labute approximate surface area is 532 Å². The van der Waals surface area contributed by atoms with Crippen LogP contribution in [0.15, 0.2) is 48.5 Å². The van der Waals surface area contributed by atoms with Gasteiger partial charge in [0.25, 0.3) is 0 Å². The first-order valence-corrected chi connectivity index (χ1v) is 29.4. The van der Waals surface area contributed by atoms with E-state index in [1.54, 1.807) is 13.8 Å². The number of nitrogens with one attached hydrogen (secondary N) is 4. The molecule has 454 valence electrons. The topological polar surface area (TPSA) is 314 Å². The van der Waals surface area contributed by atoms with Crippen LogP contribution < -0.4 is 29.6 Å². The van der Waals surface area contributed by atoms with Gasteiger partial charge in [-0.15, -0.1) is 0 Å². The maximum absolute atomic E-state index is 12.2. The zero-order valence-electron chi connectivity index (χ0n) is 53.1. The number of aliphatic hydroxyl groups excluding tert-OH is 2. The van der Waals surface area contributed by atoms with Crippen molar-refractivity contribution in [1.82, 2.24) is 39.9 Å². The number of hydrogen-bond acceptors (Lipinski definition) is 11. The monoisotopic (exact) mass is 1200 g/mol. The van der Waals surface area contributed by atoms with Gasteiger partial charge in [-0.25, -0.2) is 19.9 Å². The standard InChI is InChI=1S/C68H74N8O11.Na.H/c1-29-41(13-17-61(79)80)53-28-56-44(16-20-64(85)86)32(4)48(72-56)24-59-68(36(8)52(76-59)25-58-65(37(9)77)33(5)49(73-58)21-45(29)69-53)40(12)87-39(11)67-35(7)50-22-46-30(2)42(14-18-62(81)82)54(70-46)27-55-43(15-19-63(83)84)31(3)47(71-55)23-57-66(38(10)78)34(6)51(74-57)26-60(67)75-50;;/h21-28,37-40,72,74-78H,13-20H2,1-12H3,(H,79,80)(H,81,82)(H,83,84)(H,85,86);;/q;+1;-1. The van der Waals surface area contributed by atoms with Crippen molar-refractivity contribution in [2.75, 3.05) is 0 Å². The van der Waals surface area contributed by atoms with Crippen LogP contribution in [0.1, 0.15) is 210 Å². The molecule has 0 fully saturated rings. The van der Waals surface area contributed by atoms with Crippen molar-refractivity contribution in [3.63, 3.8) is 0 Å². The molecule has 10 rings (SSSR count). The summed E-state index contributed by atoms with van der Waals surface area (Å²) in [5, 5.41) is 62.2. The third-order valence-electron chi connectivity index (χ3n) is 17.7. The first-order chi connectivity index (χ1) is 41.2. The molecule has 0 saturated carbocycles. The van der Waals surface area contributed by atoms with E-state index in [1.807, 2.05) is 118 Å². The Morgan fingerprint density at radius 2 is 0.716 bits per heavy atom. The van der Waals surface area contributed by atoms with E-state index in [9.17, 15) is 49.8 Å². The minimum atomic E-state index is -0.962. The van der Waals surface area contributed by atoms with Gasteiger partial charge in [0.05, 0.1) is 70.0 Å². The summed E-state index contributed by atoms with van der Waals surface area (Å²) in [6, 6.07) is 15.3. The summed E-state index contributed by atoms with van der Waals surface area (Å²) in [5.41, 5.74) is 22.5. The normalized spacial score (nSPS) is 14.8. The molecule has 6 aromatic rings. The number of carboxylic acid groups (broad SMARTS) is 4. The number of H-pyrrole nitrogens is 4. The number of fused-ring (bicyclic) bond motifs is 16. The summed E-state index contributed by atoms with van der Waals surface area (Å²) in [5.74, 6) is -3.82. The molecule has 0 saturated heterocycles. The Kier molecular flexibility index (Phi) is 18.7. The molecule has 4 unspecified atom stereocenters. The van der Waals surface area contributed by atoms with E-state index in [1.165, 1.54) is 0 Å². The molecular weight excluding hydrogens is 1130 g/mol. The second kappa shape index (κ2) is 25.6. The maximum Gasteiger partial charge on any atom is 1.00 e. The predicted molar refractivity (Wildman–Crippen MR) is 339 cm³/mol. The predicted octanol–water partition coefficient (Wildman–Crippen LogP) is 10.9. The molecular formula is C68H75N8NaO11. The average Bonchev–Trinajstić information content (AvgIpc) is 2.17. The third kappa shape index (κ3) is 12.5. The van der Waals surface area contributed by atoms with Crippen molar-refractivity contribution in [3.05, 3.63) is 139 Å². The zero-order chi connectivity index (χ0) is 62.8. The van der Waals surface area contributed by atoms with Crippen LogP contribution >= 0.6 is 0 Å². The number of rotatable bonds is 18. The average molecular weight is 1200 g/mol. The molecule has 16 bridgehead atoms.